The molecular weight excluding hydrogens is 236 g/mol. The van der Waals surface area contributed by atoms with Crippen molar-refractivity contribution in [3.8, 4) is 6.07 Å². The molecule has 0 unspecified atom stereocenters. The number of urea groups is 1. The molecule has 7 nitrogen and oxygen atoms in total. The van der Waals surface area contributed by atoms with Crippen LogP contribution in [0.3, 0.4) is 0 Å². The lowest BCUT2D eigenvalue weighted by Gasteiger charge is -2.08. The summed E-state index contributed by atoms with van der Waals surface area (Å²) in [4.78, 5) is 21.9. The number of nitrogens with zero attached hydrogens (tertiary/aromatic N) is 1. The lowest BCUT2D eigenvalue weighted by Crippen LogP contribution is -2.36. The Kier molecular flexibility index (Phi) is 7.98. The van der Waals surface area contributed by atoms with Crippen LogP contribution in [0.2, 0.25) is 0 Å². The molecule has 0 saturated carbocycles. The minimum absolute atomic E-state index is 0.162. The molecular formula is C11H18N4O3. The van der Waals surface area contributed by atoms with Gasteiger partial charge in [0.25, 0.3) is 5.91 Å². The first-order valence-corrected chi connectivity index (χ1v) is 5.56. The summed E-state index contributed by atoms with van der Waals surface area (Å²) >= 11 is 0. The highest BCUT2D eigenvalue weighted by Crippen LogP contribution is 2.00. The van der Waals surface area contributed by atoms with Crippen molar-refractivity contribution in [3.63, 3.8) is 0 Å². The summed E-state index contributed by atoms with van der Waals surface area (Å²) in [6.45, 7) is 5.31. The molecule has 0 aromatic heterocycles. The number of hydrogen-bond acceptors (Lipinski definition) is 5. The highest BCUT2D eigenvalue weighted by Gasteiger charge is 2.13. The van der Waals surface area contributed by atoms with E-state index in [1.165, 1.54) is 0 Å². The number of ether oxygens (including phenoxy) is 1. The second-order valence-electron chi connectivity index (χ2n) is 3.41. The standard InChI is InChI=1S/C11H18N4O3/c1-3-18-6-4-5-14-8(2)9(7-12)10(16)15-11(13)17/h14H,3-6H2,1-2H3,(H3,13,15,16,17)/b9-8+. The number of nitrogens with two attached hydrogens (primary N) is 1. The van der Waals surface area contributed by atoms with Crippen molar-refractivity contribution in [1.82, 2.24) is 10.6 Å². The summed E-state index contributed by atoms with van der Waals surface area (Å²) in [7, 11) is 0. The fourth-order valence-electron chi connectivity index (χ4n) is 1.16. The zero-order chi connectivity index (χ0) is 14.0. The fourth-order valence-corrected chi connectivity index (χ4v) is 1.16. The van der Waals surface area contributed by atoms with E-state index < -0.39 is 11.9 Å². The van der Waals surface area contributed by atoms with E-state index in [1.807, 2.05) is 12.2 Å². The molecule has 4 N–H and O–H groups in total. The zero-order valence-electron chi connectivity index (χ0n) is 10.6. The van der Waals surface area contributed by atoms with E-state index in [2.05, 4.69) is 5.32 Å². The average Bonchev–Trinajstić information content (AvgIpc) is 2.28. The van der Waals surface area contributed by atoms with Crippen molar-refractivity contribution in [1.29, 1.82) is 5.26 Å². The van der Waals surface area contributed by atoms with Gasteiger partial charge in [0.2, 0.25) is 0 Å². The van der Waals surface area contributed by atoms with Crippen LogP contribution in [0.15, 0.2) is 11.3 Å². The number of carbonyl (C=O) groups is 2. The first-order chi connectivity index (χ1) is 8.52. The summed E-state index contributed by atoms with van der Waals surface area (Å²) in [5, 5.41) is 13.6. The van der Waals surface area contributed by atoms with Crippen LogP contribution in [0, 0.1) is 11.3 Å². The topological polar surface area (TPSA) is 117 Å². The van der Waals surface area contributed by atoms with Gasteiger partial charge in [-0.25, -0.2) is 4.79 Å². The van der Waals surface area contributed by atoms with Crippen molar-refractivity contribution in [3.05, 3.63) is 11.3 Å². The highest BCUT2D eigenvalue weighted by atomic mass is 16.5. The lowest BCUT2D eigenvalue weighted by molar-refractivity contribution is -0.116. The third-order valence-electron chi connectivity index (χ3n) is 2.01. The average molecular weight is 254 g/mol. The molecule has 0 fully saturated rings. The molecule has 100 valence electrons. The van der Waals surface area contributed by atoms with Gasteiger partial charge in [-0.15, -0.1) is 0 Å². The maximum absolute atomic E-state index is 11.4. The van der Waals surface area contributed by atoms with Crippen molar-refractivity contribution >= 4 is 11.9 Å². The summed E-state index contributed by atoms with van der Waals surface area (Å²) in [6, 6.07) is 0.736. The van der Waals surface area contributed by atoms with Gasteiger partial charge in [0, 0.05) is 25.5 Å². The van der Waals surface area contributed by atoms with Crippen LogP contribution in [0.5, 0.6) is 0 Å². The summed E-state index contributed by atoms with van der Waals surface area (Å²) in [6.07, 6.45) is 0.751. The van der Waals surface area contributed by atoms with Crippen LogP contribution < -0.4 is 16.4 Å². The molecule has 0 heterocycles. The van der Waals surface area contributed by atoms with Crippen LogP contribution >= 0.6 is 0 Å². The van der Waals surface area contributed by atoms with E-state index in [-0.39, 0.29) is 5.57 Å². The normalized spacial score (nSPS) is 11.2. The third kappa shape index (κ3) is 6.50. The van der Waals surface area contributed by atoms with Crippen LogP contribution in [-0.4, -0.2) is 31.7 Å². The Hall–Kier alpha value is -2.07. The Balaban J connectivity index is 4.32. The predicted molar refractivity (Wildman–Crippen MR) is 65.2 cm³/mol. The molecule has 0 aromatic carbocycles. The second kappa shape index (κ2) is 9.01. The number of amides is 3. The van der Waals surface area contributed by atoms with Crippen molar-refractivity contribution in [2.24, 2.45) is 5.73 Å². The summed E-state index contributed by atoms with van der Waals surface area (Å²) < 4.78 is 5.14. The van der Waals surface area contributed by atoms with E-state index in [0.29, 0.717) is 25.5 Å². The Morgan fingerprint density at radius 1 is 1.44 bits per heavy atom. The maximum atomic E-state index is 11.4. The molecule has 0 rings (SSSR count). The quantitative estimate of drug-likeness (QED) is 0.335. The van der Waals surface area contributed by atoms with Crippen LogP contribution in [0.4, 0.5) is 4.79 Å². The number of hydrogen-bond donors (Lipinski definition) is 3. The molecule has 0 aliphatic carbocycles. The van der Waals surface area contributed by atoms with E-state index in [0.717, 1.165) is 6.42 Å². The van der Waals surface area contributed by atoms with Crippen molar-refractivity contribution < 1.29 is 14.3 Å². The monoisotopic (exact) mass is 254 g/mol. The minimum Gasteiger partial charge on any atom is -0.387 e. The smallest absolute Gasteiger partial charge is 0.319 e. The van der Waals surface area contributed by atoms with Gasteiger partial charge < -0.3 is 15.8 Å². The molecule has 0 atom stereocenters. The molecule has 0 aliphatic heterocycles. The molecule has 0 bridgehead atoms. The van der Waals surface area contributed by atoms with Crippen molar-refractivity contribution in [2.75, 3.05) is 19.8 Å². The molecule has 18 heavy (non-hydrogen) atoms. The Bertz CT molecular complexity index is 371. The molecule has 0 aromatic rings. The van der Waals surface area contributed by atoms with Gasteiger partial charge in [-0.05, 0) is 20.3 Å². The SMILES string of the molecule is CCOCCCN/C(C)=C(\C#N)C(=O)NC(N)=O. The second-order valence-corrected chi connectivity index (χ2v) is 3.41. The van der Waals surface area contributed by atoms with Gasteiger partial charge in [-0.1, -0.05) is 0 Å². The minimum atomic E-state index is -0.989. The maximum Gasteiger partial charge on any atom is 0.319 e. The summed E-state index contributed by atoms with van der Waals surface area (Å²) in [5.41, 5.74) is 5.04. The van der Waals surface area contributed by atoms with Gasteiger partial charge in [0.05, 0.1) is 0 Å². The van der Waals surface area contributed by atoms with E-state index >= 15 is 0 Å². The number of imide groups is 1. The zero-order valence-corrected chi connectivity index (χ0v) is 10.6. The first kappa shape index (κ1) is 15.9. The number of primary amides is 1. The highest BCUT2D eigenvalue weighted by molar-refractivity contribution is 6.06. The third-order valence-corrected chi connectivity index (χ3v) is 2.01. The number of rotatable bonds is 7. The van der Waals surface area contributed by atoms with Crippen LogP contribution in [-0.2, 0) is 9.53 Å². The Morgan fingerprint density at radius 2 is 2.11 bits per heavy atom. The largest absolute Gasteiger partial charge is 0.387 e. The molecule has 0 radical (unpaired) electrons. The van der Waals surface area contributed by atoms with Gasteiger partial charge in [-0.3, -0.25) is 10.1 Å². The number of nitriles is 1. The number of allylic oxidation sites excluding steroid dienone is 1. The summed E-state index contributed by atoms with van der Waals surface area (Å²) in [5.74, 6) is -0.806. The number of nitrogens with one attached hydrogen (secondary N) is 2. The Morgan fingerprint density at radius 3 is 2.61 bits per heavy atom. The fraction of sp³-hybridized carbons (Fsp3) is 0.545. The van der Waals surface area contributed by atoms with E-state index in [9.17, 15) is 9.59 Å². The van der Waals surface area contributed by atoms with E-state index in [4.69, 9.17) is 15.7 Å². The molecule has 0 saturated heterocycles. The predicted octanol–water partition coefficient (Wildman–Crippen LogP) is -0.00492. The molecule has 3 amide bonds. The first-order valence-electron chi connectivity index (χ1n) is 5.56. The molecule has 7 heteroatoms. The molecule has 0 aliphatic rings. The van der Waals surface area contributed by atoms with Crippen LogP contribution in [0.1, 0.15) is 20.3 Å². The molecule has 0 spiro atoms. The van der Waals surface area contributed by atoms with Gasteiger partial charge >= 0.3 is 6.03 Å². The van der Waals surface area contributed by atoms with Gasteiger partial charge in [0.1, 0.15) is 11.6 Å². The van der Waals surface area contributed by atoms with Gasteiger partial charge in [-0.2, -0.15) is 5.26 Å². The van der Waals surface area contributed by atoms with E-state index in [1.54, 1.807) is 13.0 Å². The Labute approximate surface area is 106 Å². The number of carbonyl (C=O) groups excluding carboxylic acids is 2. The lowest BCUT2D eigenvalue weighted by atomic mass is 10.2. The van der Waals surface area contributed by atoms with Crippen LogP contribution in [0.25, 0.3) is 0 Å². The van der Waals surface area contributed by atoms with Gasteiger partial charge in [0.15, 0.2) is 0 Å². The van der Waals surface area contributed by atoms with Crippen molar-refractivity contribution in [2.45, 2.75) is 20.3 Å².